The van der Waals surface area contributed by atoms with Crippen LogP contribution >= 0.6 is 11.6 Å². The second-order valence-electron chi connectivity index (χ2n) is 6.92. The number of aliphatic hydroxyl groups excluding tert-OH is 2. The Bertz CT molecular complexity index is 581. The Kier molecular flexibility index (Phi) is 6.82. The quantitative estimate of drug-likeness (QED) is 0.695. The molecule has 0 aliphatic carbocycles. The van der Waals surface area contributed by atoms with E-state index < -0.39 is 11.7 Å². The minimum absolute atomic E-state index is 0.00840. The molecule has 0 radical (unpaired) electrons. The van der Waals surface area contributed by atoms with E-state index in [2.05, 4.69) is 0 Å². The third-order valence-electron chi connectivity index (χ3n) is 4.80. The standard InChI is InChI=1S/C18H27ClN2O4/c1-13(2)21(9-10-22)12-18(25)7-8-20(11-16(18)23)17(24)14-3-5-15(19)6-4-14/h3-6,13,16,22-23,25H,7-12H2,1-2H3/t16-,18-/m0/s1. The van der Waals surface area contributed by atoms with Crippen LogP contribution in [0.2, 0.25) is 5.02 Å². The first kappa shape index (κ1) is 20.1. The molecule has 6 nitrogen and oxygen atoms in total. The first-order chi connectivity index (χ1) is 11.8. The first-order valence-electron chi connectivity index (χ1n) is 8.57. The number of nitrogens with zero attached hydrogens (tertiary/aromatic N) is 2. The van der Waals surface area contributed by atoms with E-state index in [9.17, 15) is 20.1 Å². The third-order valence-corrected chi connectivity index (χ3v) is 5.05. The highest BCUT2D eigenvalue weighted by atomic mass is 35.5. The zero-order chi connectivity index (χ0) is 18.6. The highest BCUT2D eigenvalue weighted by Gasteiger charge is 2.43. The van der Waals surface area contributed by atoms with E-state index in [0.717, 1.165) is 0 Å². The molecule has 2 rings (SSSR count). The number of β-amino-alcohol motifs (C(OH)–C–C–N with tert-alkyl or cyclic N) is 1. The summed E-state index contributed by atoms with van der Waals surface area (Å²) < 4.78 is 0. The second kappa shape index (κ2) is 8.47. The van der Waals surface area contributed by atoms with E-state index in [4.69, 9.17) is 11.6 Å². The number of carbonyl (C=O) groups excluding carboxylic acids is 1. The number of piperidine rings is 1. The summed E-state index contributed by atoms with van der Waals surface area (Å²) in [4.78, 5) is 16.0. The van der Waals surface area contributed by atoms with Crippen LogP contribution in [0.1, 0.15) is 30.6 Å². The number of likely N-dealkylation sites (tertiary alicyclic amines) is 1. The van der Waals surface area contributed by atoms with Crippen molar-refractivity contribution in [2.75, 3.05) is 32.8 Å². The number of rotatable bonds is 6. The lowest BCUT2D eigenvalue weighted by Crippen LogP contribution is -2.61. The monoisotopic (exact) mass is 370 g/mol. The largest absolute Gasteiger partial charge is 0.395 e. The van der Waals surface area contributed by atoms with Crippen LogP contribution in [0.3, 0.4) is 0 Å². The molecular weight excluding hydrogens is 344 g/mol. The average Bonchev–Trinajstić information content (AvgIpc) is 2.57. The number of hydrogen-bond acceptors (Lipinski definition) is 5. The topological polar surface area (TPSA) is 84.2 Å². The Morgan fingerprint density at radius 2 is 2.04 bits per heavy atom. The Morgan fingerprint density at radius 3 is 2.56 bits per heavy atom. The molecule has 1 heterocycles. The van der Waals surface area contributed by atoms with E-state index in [1.54, 1.807) is 29.2 Å². The summed E-state index contributed by atoms with van der Waals surface area (Å²) in [5.41, 5.74) is -0.790. The summed E-state index contributed by atoms with van der Waals surface area (Å²) in [5.74, 6) is -0.186. The molecule has 1 aromatic carbocycles. The molecule has 7 heteroatoms. The SMILES string of the molecule is CC(C)N(CCO)C[C@@]1(O)CCN(C(=O)c2ccc(Cl)cc2)C[C@@H]1O. The molecule has 1 aliphatic rings. The van der Waals surface area contributed by atoms with Crippen molar-refractivity contribution in [3.8, 4) is 0 Å². The van der Waals surface area contributed by atoms with Crippen molar-refractivity contribution in [2.24, 2.45) is 0 Å². The van der Waals surface area contributed by atoms with Gasteiger partial charge in [-0.05, 0) is 44.5 Å². The Hall–Kier alpha value is -1.18. The van der Waals surface area contributed by atoms with Gasteiger partial charge in [0.15, 0.2) is 0 Å². The molecule has 0 unspecified atom stereocenters. The highest BCUT2D eigenvalue weighted by Crippen LogP contribution is 2.26. The predicted octanol–water partition coefficient (Wildman–Crippen LogP) is 0.981. The maximum Gasteiger partial charge on any atom is 0.253 e. The van der Waals surface area contributed by atoms with Crippen molar-refractivity contribution < 1.29 is 20.1 Å². The fraction of sp³-hybridized carbons (Fsp3) is 0.611. The molecule has 1 aromatic rings. The summed E-state index contributed by atoms with van der Waals surface area (Å²) >= 11 is 5.84. The van der Waals surface area contributed by atoms with Gasteiger partial charge in [-0.2, -0.15) is 0 Å². The van der Waals surface area contributed by atoms with Crippen molar-refractivity contribution in [3.63, 3.8) is 0 Å². The maximum absolute atomic E-state index is 12.5. The predicted molar refractivity (Wildman–Crippen MR) is 96.7 cm³/mol. The van der Waals surface area contributed by atoms with Gasteiger partial charge in [-0.3, -0.25) is 9.69 Å². The zero-order valence-corrected chi connectivity index (χ0v) is 15.5. The van der Waals surface area contributed by atoms with E-state index in [-0.39, 0.29) is 38.1 Å². The van der Waals surface area contributed by atoms with Crippen LogP contribution in [0.4, 0.5) is 0 Å². The number of aliphatic hydroxyl groups is 3. The minimum Gasteiger partial charge on any atom is -0.395 e. The van der Waals surface area contributed by atoms with Gasteiger partial charge < -0.3 is 20.2 Å². The lowest BCUT2D eigenvalue weighted by atomic mass is 9.87. The number of halogens is 1. The summed E-state index contributed by atoms with van der Waals surface area (Å²) in [5, 5.41) is 31.1. The Morgan fingerprint density at radius 1 is 1.40 bits per heavy atom. The van der Waals surface area contributed by atoms with E-state index >= 15 is 0 Å². The molecule has 3 N–H and O–H groups in total. The van der Waals surface area contributed by atoms with Crippen molar-refractivity contribution in [3.05, 3.63) is 34.9 Å². The molecule has 140 valence electrons. The van der Waals surface area contributed by atoms with Gasteiger partial charge in [0.25, 0.3) is 5.91 Å². The van der Waals surface area contributed by atoms with E-state index in [0.29, 0.717) is 23.7 Å². The number of amides is 1. The van der Waals surface area contributed by atoms with E-state index in [1.165, 1.54) is 0 Å². The zero-order valence-electron chi connectivity index (χ0n) is 14.7. The lowest BCUT2D eigenvalue weighted by molar-refractivity contribution is -0.129. The van der Waals surface area contributed by atoms with Gasteiger partial charge in [0.1, 0.15) is 11.7 Å². The molecule has 0 aromatic heterocycles. The van der Waals surface area contributed by atoms with Crippen LogP contribution in [-0.2, 0) is 0 Å². The fourth-order valence-electron chi connectivity index (χ4n) is 3.11. The number of benzene rings is 1. The normalized spacial score (nSPS) is 24.2. The number of hydrogen-bond donors (Lipinski definition) is 3. The molecule has 1 fully saturated rings. The molecule has 1 amide bonds. The molecular formula is C18H27ClN2O4. The Balaban J connectivity index is 2.03. The summed E-state index contributed by atoms with van der Waals surface area (Å²) in [6, 6.07) is 6.75. The molecule has 2 atom stereocenters. The summed E-state index contributed by atoms with van der Waals surface area (Å²) in [6.07, 6.45) is -0.764. The van der Waals surface area contributed by atoms with Crippen molar-refractivity contribution >= 4 is 17.5 Å². The third kappa shape index (κ3) is 4.92. The average molecular weight is 371 g/mol. The maximum atomic E-state index is 12.5. The molecule has 0 bridgehead atoms. The molecule has 0 spiro atoms. The van der Waals surface area contributed by atoms with Gasteiger partial charge >= 0.3 is 0 Å². The van der Waals surface area contributed by atoms with Gasteiger partial charge in [0.2, 0.25) is 0 Å². The van der Waals surface area contributed by atoms with Gasteiger partial charge in [-0.1, -0.05) is 11.6 Å². The Labute approximate surface area is 153 Å². The smallest absolute Gasteiger partial charge is 0.253 e. The van der Waals surface area contributed by atoms with Crippen molar-refractivity contribution in [1.82, 2.24) is 9.80 Å². The van der Waals surface area contributed by atoms with Crippen molar-refractivity contribution in [2.45, 2.75) is 38.0 Å². The van der Waals surface area contributed by atoms with Gasteiger partial charge in [-0.15, -0.1) is 0 Å². The second-order valence-corrected chi connectivity index (χ2v) is 7.35. The van der Waals surface area contributed by atoms with E-state index in [1.807, 2.05) is 18.7 Å². The molecule has 25 heavy (non-hydrogen) atoms. The summed E-state index contributed by atoms with van der Waals surface area (Å²) in [7, 11) is 0. The fourth-order valence-corrected chi connectivity index (χ4v) is 3.24. The number of carbonyl (C=O) groups is 1. The summed E-state index contributed by atoms with van der Waals surface area (Å²) in [6.45, 7) is 5.07. The van der Waals surface area contributed by atoms with Crippen LogP contribution < -0.4 is 0 Å². The molecule has 0 saturated carbocycles. The van der Waals surface area contributed by atoms with Crippen LogP contribution in [0, 0.1) is 0 Å². The van der Waals surface area contributed by atoms with Crippen LogP contribution in [0.5, 0.6) is 0 Å². The van der Waals surface area contributed by atoms with Gasteiger partial charge in [-0.25, -0.2) is 0 Å². The van der Waals surface area contributed by atoms with Gasteiger partial charge in [0.05, 0.1) is 6.61 Å². The minimum atomic E-state index is -1.30. The molecule has 1 saturated heterocycles. The van der Waals surface area contributed by atoms with Crippen LogP contribution in [0.15, 0.2) is 24.3 Å². The van der Waals surface area contributed by atoms with Crippen LogP contribution in [-0.4, -0.2) is 81.6 Å². The van der Waals surface area contributed by atoms with Crippen LogP contribution in [0.25, 0.3) is 0 Å². The molecule has 1 aliphatic heterocycles. The highest BCUT2D eigenvalue weighted by molar-refractivity contribution is 6.30. The van der Waals surface area contributed by atoms with Gasteiger partial charge in [0, 0.05) is 42.8 Å². The van der Waals surface area contributed by atoms with Crippen molar-refractivity contribution in [1.29, 1.82) is 0 Å². The first-order valence-corrected chi connectivity index (χ1v) is 8.95. The lowest BCUT2D eigenvalue weighted by Gasteiger charge is -2.45.